The molecule has 1 aromatic carbocycles. The van der Waals surface area contributed by atoms with Gasteiger partial charge in [0.15, 0.2) is 0 Å². The van der Waals surface area contributed by atoms with Crippen LogP contribution in [0.15, 0.2) is 35.5 Å². The Morgan fingerprint density at radius 1 is 1.21 bits per heavy atom. The van der Waals surface area contributed by atoms with Crippen molar-refractivity contribution in [3.8, 4) is 0 Å². The number of carbonyl (C=O) groups is 1. The molecule has 0 radical (unpaired) electrons. The van der Waals surface area contributed by atoms with Crippen molar-refractivity contribution in [1.82, 2.24) is 30.2 Å². The van der Waals surface area contributed by atoms with E-state index in [1.54, 1.807) is 24.3 Å². The number of nitrogens with zero attached hydrogens (tertiary/aromatic N) is 4. The number of hydrogen-bond acceptors (Lipinski definition) is 6. The summed E-state index contributed by atoms with van der Waals surface area (Å²) >= 11 is 0. The molecule has 2 N–H and O–H groups in total. The van der Waals surface area contributed by atoms with Crippen molar-refractivity contribution in [3.63, 3.8) is 0 Å². The molecule has 0 aliphatic rings. The van der Waals surface area contributed by atoms with Gasteiger partial charge in [-0.2, -0.15) is 0 Å². The van der Waals surface area contributed by atoms with E-state index in [4.69, 9.17) is 0 Å². The van der Waals surface area contributed by atoms with Gasteiger partial charge >= 0.3 is 0 Å². The van der Waals surface area contributed by atoms with Gasteiger partial charge in [-0.1, -0.05) is 17.7 Å². The molecule has 10 heteroatoms. The largest absolute Gasteiger partial charge is 0.356 e. The van der Waals surface area contributed by atoms with Crippen LogP contribution in [0.2, 0.25) is 0 Å². The van der Waals surface area contributed by atoms with Crippen LogP contribution >= 0.6 is 0 Å². The molecule has 0 saturated heterocycles. The maximum atomic E-state index is 12.1. The van der Waals surface area contributed by atoms with Crippen LogP contribution in [0.4, 0.5) is 0 Å². The van der Waals surface area contributed by atoms with E-state index < -0.39 is 10.0 Å². The molecule has 0 aliphatic heterocycles. The Morgan fingerprint density at radius 3 is 2.62 bits per heavy atom. The summed E-state index contributed by atoms with van der Waals surface area (Å²) in [5.41, 5.74) is 0.998. The first-order chi connectivity index (χ1) is 11.5. The highest BCUT2D eigenvalue weighted by atomic mass is 32.2. The van der Waals surface area contributed by atoms with Crippen molar-refractivity contribution in [2.45, 2.75) is 31.2 Å². The van der Waals surface area contributed by atoms with E-state index in [1.807, 2.05) is 6.92 Å². The Bertz CT molecular complexity index is 743. The van der Waals surface area contributed by atoms with Crippen molar-refractivity contribution in [2.75, 3.05) is 13.1 Å². The molecule has 9 nitrogen and oxygen atoms in total. The third-order valence-corrected chi connectivity index (χ3v) is 4.74. The summed E-state index contributed by atoms with van der Waals surface area (Å²) in [6.07, 6.45) is 2.20. The molecule has 0 bridgehead atoms. The van der Waals surface area contributed by atoms with Crippen molar-refractivity contribution < 1.29 is 13.2 Å². The van der Waals surface area contributed by atoms with Gasteiger partial charge in [-0.15, -0.1) is 5.10 Å². The molecule has 0 spiro atoms. The molecular formula is C14H20N6O3S. The minimum atomic E-state index is -3.51. The lowest BCUT2D eigenvalue weighted by Crippen LogP contribution is -2.30. The van der Waals surface area contributed by atoms with E-state index in [1.165, 1.54) is 11.0 Å². The van der Waals surface area contributed by atoms with Crippen LogP contribution in [0.25, 0.3) is 0 Å². The Labute approximate surface area is 140 Å². The standard InChI is InChI=1S/C14H20N6O3S/c1-12-3-5-13(6-4-12)24(22,23)17-9-2-8-15-14(21)7-10-20-11-16-18-19-20/h3-6,11,17H,2,7-10H2,1H3,(H,15,21). The predicted molar refractivity (Wildman–Crippen MR) is 86.4 cm³/mol. The number of amides is 1. The van der Waals surface area contributed by atoms with E-state index in [-0.39, 0.29) is 23.8 Å². The van der Waals surface area contributed by atoms with E-state index in [0.717, 1.165) is 5.56 Å². The molecule has 0 fully saturated rings. The molecule has 0 atom stereocenters. The van der Waals surface area contributed by atoms with Crippen molar-refractivity contribution in [2.24, 2.45) is 0 Å². The Kier molecular flexibility index (Phi) is 6.38. The normalized spacial score (nSPS) is 11.4. The number of nitrogens with one attached hydrogen (secondary N) is 2. The van der Waals surface area contributed by atoms with Gasteiger partial charge in [0.25, 0.3) is 0 Å². The zero-order valence-corrected chi connectivity index (χ0v) is 14.2. The smallest absolute Gasteiger partial charge is 0.240 e. The van der Waals surface area contributed by atoms with Crippen molar-refractivity contribution in [3.05, 3.63) is 36.2 Å². The topological polar surface area (TPSA) is 119 Å². The summed E-state index contributed by atoms with van der Waals surface area (Å²) in [7, 11) is -3.51. The Balaban J connectivity index is 1.63. The maximum Gasteiger partial charge on any atom is 0.240 e. The fourth-order valence-electron chi connectivity index (χ4n) is 1.91. The number of hydrogen-bond donors (Lipinski definition) is 2. The quantitative estimate of drug-likeness (QED) is 0.606. The SMILES string of the molecule is Cc1ccc(S(=O)(=O)NCCCNC(=O)CCn2cnnn2)cc1. The molecule has 0 aliphatic carbocycles. The third kappa shape index (κ3) is 5.70. The van der Waals surface area contributed by atoms with Crippen LogP contribution in [-0.2, 0) is 21.4 Å². The highest BCUT2D eigenvalue weighted by Crippen LogP contribution is 2.09. The van der Waals surface area contributed by atoms with Gasteiger partial charge in [-0.05, 0) is 35.9 Å². The average Bonchev–Trinajstić information content (AvgIpc) is 3.06. The first-order valence-corrected chi connectivity index (χ1v) is 8.99. The van der Waals surface area contributed by atoms with Gasteiger partial charge in [0, 0.05) is 19.5 Å². The number of carbonyl (C=O) groups excluding carboxylic acids is 1. The van der Waals surface area contributed by atoms with E-state index >= 15 is 0 Å². The minimum absolute atomic E-state index is 0.133. The number of benzene rings is 1. The van der Waals surface area contributed by atoms with Gasteiger partial charge in [-0.25, -0.2) is 17.8 Å². The highest BCUT2D eigenvalue weighted by Gasteiger charge is 2.12. The fourth-order valence-corrected chi connectivity index (χ4v) is 2.98. The van der Waals surface area contributed by atoms with Crippen LogP contribution in [0.5, 0.6) is 0 Å². The number of aryl methyl sites for hydroxylation is 2. The lowest BCUT2D eigenvalue weighted by Gasteiger charge is -2.08. The van der Waals surface area contributed by atoms with Crippen LogP contribution < -0.4 is 10.0 Å². The van der Waals surface area contributed by atoms with Gasteiger partial charge in [0.05, 0.1) is 11.4 Å². The lowest BCUT2D eigenvalue weighted by molar-refractivity contribution is -0.121. The number of tetrazole rings is 1. The van der Waals surface area contributed by atoms with Crippen molar-refractivity contribution in [1.29, 1.82) is 0 Å². The summed E-state index contributed by atoms with van der Waals surface area (Å²) in [6.45, 7) is 2.94. The summed E-state index contributed by atoms with van der Waals surface area (Å²) in [4.78, 5) is 11.9. The first-order valence-electron chi connectivity index (χ1n) is 7.51. The van der Waals surface area contributed by atoms with Gasteiger partial charge < -0.3 is 5.32 Å². The zero-order valence-electron chi connectivity index (χ0n) is 13.3. The highest BCUT2D eigenvalue weighted by molar-refractivity contribution is 7.89. The molecule has 0 saturated carbocycles. The van der Waals surface area contributed by atoms with Crippen molar-refractivity contribution >= 4 is 15.9 Å². The second-order valence-corrected chi connectivity index (χ2v) is 7.00. The second-order valence-electron chi connectivity index (χ2n) is 5.24. The third-order valence-electron chi connectivity index (χ3n) is 3.26. The maximum absolute atomic E-state index is 12.1. The van der Waals surface area contributed by atoms with E-state index in [2.05, 4.69) is 25.6 Å². The summed E-state index contributed by atoms with van der Waals surface area (Å²) in [5, 5.41) is 13.3. The van der Waals surface area contributed by atoms with Gasteiger partial charge in [0.2, 0.25) is 15.9 Å². The first kappa shape index (κ1) is 18.0. The second kappa shape index (κ2) is 8.50. The number of rotatable bonds is 9. The average molecular weight is 352 g/mol. The van der Waals surface area contributed by atoms with Crippen LogP contribution in [0.3, 0.4) is 0 Å². The Hall–Kier alpha value is -2.33. The predicted octanol–water partition coefficient (Wildman–Crippen LogP) is -0.144. The molecule has 1 heterocycles. The molecule has 2 aromatic rings. The molecule has 24 heavy (non-hydrogen) atoms. The van der Waals surface area contributed by atoms with Crippen LogP contribution in [-0.4, -0.2) is 47.6 Å². The monoisotopic (exact) mass is 352 g/mol. The molecule has 1 aromatic heterocycles. The summed E-state index contributed by atoms with van der Waals surface area (Å²) < 4.78 is 28.1. The van der Waals surface area contributed by atoms with Crippen LogP contribution in [0.1, 0.15) is 18.4 Å². The molecular weight excluding hydrogens is 332 g/mol. The molecule has 1 amide bonds. The minimum Gasteiger partial charge on any atom is -0.356 e. The lowest BCUT2D eigenvalue weighted by atomic mass is 10.2. The summed E-state index contributed by atoms with van der Waals surface area (Å²) in [6, 6.07) is 6.63. The van der Waals surface area contributed by atoms with Gasteiger partial charge in [-0.3, -0.25) is 4.79 Å². The Morgan fingerprint density at radius 2 is 1.96 bits per heavy atom. The number of aromatic nitrogens is 4. The van der Waals surface area contributed by atoms with E-state index in [9.17, 15) is 13.2 Å². The molecule has 130 valence electrons. The zero-order chi connectivity index (χ0) is 17.4. The van der Waals surface area contributed by atoms with Gasteiger partial charge in [0.1, 0.15) is 6.33 Å². The fraction of sp³-hybridized carbons (Fsp3) is 0.429. The number of sulfonamides is 1. The molecule has 2 rings (SSSR count). The van der Waals surface area contributed by atoms with Crippen LogP contribution in [0, 0.1) is 6.92 Å². The summed E-state index contributed by atoms with van der Waals surface area (Å²) in [5.74, 6) is -0.133. The van der Waals surface area contributed by atoms with E-state index in [0.29, 0.717) is 19.5 Å². The molecule has 0 unspecified atom stereocenters.